The molecule has 0 saturated carbocycles. The maximum atomic E-state index is 12.6. The summed E-state index contributed by atoms with van der Waals surface area (Å²) in [4.78, 5) is 14.6. The van der Waals surface area contributed by atoms with Crippen molar-refractivity contribution in [3.63, 3.8) is 0 Å². The van der Waals surface area contributed by atoms with E-state index < -0.39 is 5.54 Å². The second-order valence-electron chi connectivity index (χ2n) is 5.88. The van der Waals surface area contributed by atoms with Gasteiger partial charge in [0.1, 0.15) is 0 Å². The Morgan fingerprint density at radius 1 is 1.29 bits per heavy atom. The molecule has 3 heteroatoms. The van der Waals surface area contributed by atoms with Gasteiger partial charge in [0.2, 0.25) is 5.91 Å². The second kappa shape index (κ2) is 5.38. The number of piperidine rings is 1. The van der Waals surface area contributed by atoms with Gasteiger partial charge in [-0.2, -0.15) is 0 Å². The van der Waals surface area contributed by atoms with E-state index in [2.05, 4.69) is 20.8 Å². The molecule has 1 saturated heterocycles. The summed E-state index contributed by atoms with van der Waals surface area (Å²) in [6.07, 6.45) is 2.64. The third-order valence-corrected chi connectivity index (χ3v) is 4.55. The lowest BCUT2D eigenvalue weighted by molar-refractivity contribution is -0.143. The van der Waals surface area contributed by atoms with Gasteiger partial charge in [-0.25, -0.2) is 0 Å². The second-order valence-corrected chi connectivity index (χ2v) is 5.88. The lowest BCUT2D eigenvalue weighted by Gasteiger charge is -2.44. The third-order valence-electron chi connectivity index (χ3n) is 4.55. The van der Waals surface area contributed by atoms with Crippen LogP contribution in [0.5, 0.6) is 0 Å². The van der Waals surface area contributed by atoms with Crippen molar-refractivity contribution in [2.24, 2.45) is 17.6 Å². The first-order chi connectivity index (χ1) is 7.85. The van der Waals surface area contributed by atoms with E-state index in [4.69, 9.17) is 5.73 Å². The summed E-state index contributed by atoms with van der Waals surface area (Å²) in [5.41, 5.74) is 5.57. The van der Waals surface area contributed by atoms with Crippen molar-refractivity contribution in [3.05, 3.63) is 0 Å². The molecule has 1 rings (SSSR count). The van der Waals surface area contributed by atoms with E-state index in [0.29, 0.717) is 30.7 Å². The molecule has 0 aromatic heterocycles. The van der Waals surface area contributed by atoms with Gasteiger partial charge in [-0.05, 0) is 38.0 Å². The minimum absolute atomic E-state index is 0.147. The van der Waals surface area contributed by atoms with Gasteiger partial charge in [-0.15, -0.1) is 0 Å². The van der Waals surface area contributed by atoms with E-state index >= 15 is 0 Å². The maximum Gasteiger partial charge on any atom is 0.242 e. The SMILES string of the molecule is CCC(N)(CC)C(=O)N1CC(C)CC(C)C1C. The summed E-state index contributed by atoms with van der Waals surface area (Å²) in [6.45, 7) is 11.5. The number of nitrogens with two attached hydrogens (primary N) is 1. The molecule has 17 heavy (non-hydrogen) atoms. The maximum absolute atomic E-state index is 12.6. The molecule has 0 radical (unpaired) electrons. The molecule has 3 nitrogen and oxygen atoms in total. The molecule has 1 aliphatic rings. The number of carbonyl (C=O) groups is 1. The Morgan fingerprint density at radius 3 is 2.29 bits per heavy atom. The summed E-state index contributed by atoms with van der Waals surface area (Å²) < 4.78 is 0. The van der Waals surface area contributed by atoms with Gasteiger partial charge in [0.05, 0.1) is 5.54 Å². The first kappa shape index (κ1) is 14.5. The van der Waals surface area contributed by atoms with Crippen molar-refractivity contribution < 1.29 is 4.79 Å². The predicted octanol–water partition coefficient (Wildman–Crippen LogP) is 2.40. The minimum Gasteiger partial charge on any atom is -0.338 e. The van der Waals surface area contributed by atoms with Gasteiger partial charge in [-0.3, -0.25) is 4.79 Å². The topological polar surface area (TPSA) is 46.3 Å². The van der Waals surface area contributed by atoms with Crippen molar-refractivity contribution >= 4 is 5.91 Å². The van der Waals surface area contributed by atoms with Gasteiger partial charge in [0.25, 0.3) is 0 Å². The molecule has 2 N–H and O–H groups in total. The summed E-state index contributed by atoms with van der Waals surface area (Å²) in [5.74, 6) is 1.30. The highest BCUT2D eigenvalue weighted by Gasteiger charge is 2.39. The van der Waals surface area contributed by atoms with E-state index in [-0.39, 0.29) is 5.91 Å². The molecule has 0 aromatic rings. The van der Waals surface area contributed by atoms with Crippen LogP contribution in [0.15, 0.2) is 0 Å². The number of likely N-dealkylation sites (tertiary alicyclic amines) is 1. The normalized spacial score (nSPS) is 30.5. The van der Waals surface area contributed by atoms with Crippen LogP contribution in [-0.2, 0) is 4.79 Å². The zero-order valence-electron chi connectivity index (χ0n) is 12.0. The van der Waals surface area contributed by atoms with Crippen LogP contribution in [0, 0.1) is 11.8 Å². The molecular weight excluding hydrogens is 212 g/mol. The summed E-state index contributed by atoms with van der Waals surface area (Å²) in [5, 5.41) is 0. The highest BCUT2D eigenvalue weighted by molar-refractivity contribution is 5.86. The van der Waals surface area contributed by atoms with E-state index in [1.165, 1.54) is 6.42 Å². The predicted molar refractivity (Wildman–Crippen MR) is 71.6 cm³/mol. The molecule has 0 bridgehead atoms. The van der Waals surface area contributed by atoms with Crippen molar-refractivity contribution in [2.75, 3.05) is 6.54 Å². The average molecular weight is 240 g/mol. The highest BCUT2D eigenvalue weighted by atomic mass is 16.2. The lowest BCUT2D eigenvalue weighted by Crippen LogP contribution is -2.60. The fourth-order valence-electron chi connectivity index (χ4n) is 2.82. The van der Waals surface area contributed by atoms with Crippen LogP contribution in [-0.4, -0.2) is 28.9 Å². The van der Waals surface area contributed by atoms with Gasteiger partial charge in [0.15, 0.2) is 0 Å². The number of rotatable bonds is 3. The Bertz CT molecular complexity index is 273. The Labute approximate surface area is 106 Å². The van der Waals surface area contributed by atoms with Crippen LogP contribution in [0.25, 0.3) is 0 Å². The van der Waals surface area contributed by atoms with Crippen molar-refractivity contribution in [1.82, 2.24) is 4.90 Å². The highest BCUT2D eigenvalue weighted by Crippen LogP contribution is 2.29. The number of hydrogen-bond donors (Lipinski definition) is 1. The molecule has 0 aromatic carbocycles. The van der Waals surface area contributed by atoms with Gasteiger partial charge < -0.3 is 10.6 Å². The summed E-state index contributed by atoms with van der Waals surface area (Å²) in [7, 11) is 0. The first-order valence-electron chi connectivity index (χ1n) is 6.95. The molecule has 1 fully saturated rings. The number of hydrogen-bond acceptors (Lipinski definition) is 2. The fraction of sp³-hybridized carbons (Fsp3) is 0.929. The standard InChI is InChI=1S/C14H28N2O/c1-6-14(15,7-2)13(17)16-9-10(3)8-11(4)12(16)5/h10-12H,6-9,15H2,1-5H3. The van der Waals surface area contributed by atoms with Crippen molar-refractivity contribution in [1.29, 1.82) is 0 Å². The number of carbonyl (C=O) groups excluding carboxylic acids is 1. The van der Waals surface area contributed by atoms with Crippen molar-refractivity contribution in [2.45, 2.75) is 65.5 Å². The Kier molecular flexibility index (Phi) is 4.59. The van der Waals surface area contributed by atoms with Gasteiger partial charge in [0, 0.05) is 12.6 Å². The molecule has 0 spiro atoms. The smallest absolute Gasteiger partial charge is 0.242 e. The lowest BCUT2D eigenvalue weighted by atomic mass is 9.83. The van der Waals surface area contributed by atoms with E-state index in [9.17, 15) is 4.79 Å². The Balaban J connectivity index is 2.86. The van der Waals surface area contributed by atoms with Crippen molar-refractivity contribution in [3.8, 4) is 0 Å². The van der Waals surface area contributed by atoms with Crippen LogP contribution in [0.4, 0.5) is 0 Å². The Morgan fingerprint density at radius 2 is 1.82 bits per heavy atom. The fourth-order valence-corrected chi connectivity index (χ4v) is 2.82. The van der Waals surface area contributed by atoms with Crippen LogP contribution < -0.4 is 5.73 Å². The molecule has 0 aliphatic carbocycles. The summed E-state index contributed by atoms with van der Waals surface area (Å²) >= 11 is 0. The van der Waals surface area contributed by atoms with Crippen LogP contribution >= 0.6 is 0 Å². The van der Waals surface area contributed by atoms with Crippen LogP contribution in [0.3, 0.4) is 0 Å². The quantitative estimate of drug-likeness (QED) is 0.823. The number of amides is 1. The van der Waals surface area contributed by atoms with Gasteiger partial charge in [-0.1, -0.05) is 27.7 Å². The zero-order valence-corrected chi connectivity index (χ0v) is 12.0. The number of nitrogens with zero attached hydrogens (tertiary/aromatic N) is 1. The zero-order chi connectivity index (χ0) is 13.2. The molecule has 1 heterocycles. The minimum atomic E-state index is -0.662. The molecule has 3 unspecified atom stereocenters. The van der Waals surface area contributed by atoms with Gasteiger partial charge >= 0.3 is 0 Å². The van der Waals surface area contributed by atoms with Crippen LogP contribution in [0.2, 0.25) is 0 Å². The molecule has 3 atom stereocenters. The Hall–Kier alpha value is -0.570. The molecule has 1 aliphatic heterocycles. The molecule has 100 valence electrons. The monoisotopic (exact) mass is 240 g/mol. The average Bonchev–Trinajstić information content (AvgIpc) is 2.31. The van der Waals surface area contributed by atoms with Crippen LogP contribution in [0.1, 0.15) is 53.9 Å². The van der Waals surface area contributed by atoms with E-state index in [1.807, 2.05) is 18.7 Å². The third kappa shape index (κ3) is 2.82. The van der Waals surface area contributed by atoms with E-state index in [0.717, 1.165) is 6.54 Å². The van der Waals surface area contributed by atoms with E-state index in [1.54, 1.807) is 0 Å². The first-order valence-corrected chi connectivity index (χ1v) is 6.95. The largest absolute Gasteiger partial charge is 0.338 e. The molecule has 1 amide bonds. The summed E-state index contributed by atoms with van der Waals surface area (Å²) in [6, 6.07) is 0.319. The molecular formula is C14H28N2O.